The van der Waals surface area contributed by atoms with E-state index in [9.17, 15) is 57.5 Å². The molecule has 0 fully saturated rings. The summed E-state index contributed by atoms with van der Waals surface area (Å²) < 4.78 is 0. The number of hydrogen-bond acceptors (Lipinski definition) is 14. The second-order valence-corrected chi connectivity index (χ2v) is 23.2. The summed E-state index contributed by atoms with van der Waals surface area (Å²) in [7, 11) is 0. The Balaban J connectivity index is 0.688. The average Bonchev–Trinajstić information content (AvgIpc) is 0.700. The van der Waals surface area contributed by atoms with E-state index in [1.165, 1.54) is 36.4 Å². The molecule has 22 nitrogen and oxygen atoms in total. The summed E-state index contributed by atoms with van der Waals surface area (Å²) >= 11 is 0. The van der Waals surface area contributed by atoms with Crippen LogP contribution in [0.3, 0.4) is 0 Å². The zero-order valence-corrected chi connectivity index (χ0v) is 47.9. The van der Waals surface area contributed by atoms with Crippen LogP contribution in [0.4, 0.5) is 0 Å². The summed E-state index contributed by atoms with van der Waals surface area (Å²) in [5.41, 5.74) is 1.50. The van der Waals surface area contributed by atoms with Crippen molar-refractivity contribution in [2.45, 2.75) is 0 Å². The molecule has 92 heavy (non-hydrogen) atoms. The van der Waals surface area contributed by atoms with E-state index in [4.69, 9.17) is 0 Å². The van der Waals surface area contributed by atoms with Gasteiger partial charge >= 0.3 is 0 Å². The first-order valence-corrected chi connectivity index (χ1v) is 29.6. The summed E-state index contributed by atoms with van der Waals surface area (Å²) in [5, 5.41) is 20.5. The summed E-state index contributed by atoms with van der Waals surface area (Å²) in [4.78, 5) is 182. The van der Waals surface area contributed by atoms with E-state index in [-0.39, 0.29) is 120 Å². The molecule has 32 bridgehead atoms. The van der Waals surface area contributed by atoms with E-state index in [1.54, 1.807) is 97.1 Å². The largest absolute Gasteiger partial charge is 0.349 e. The molecule has 0 radical (unpaired) electrons. The van der Waals surface area contributed by atoms with Crippen LogP contribution < -0.4 is 21.3 Å². The maximum Gasteiger partial charge on any atom is 0.269 e. The molecule has 29 rings (SSSR count). The van der Waals surface area contributed by atoms with Gasteiger partial charge in [0.1, 0.15) is 22.8 Å². The third-order valence-electron chi connectivity index (χ3n) is 18.5. The average molecular weight is 1220 g/mol. The van der Waals surface area contributed by atoms with Gasteiger partial charge in [0.25, 0.3) is 70.9 Å². The minimum Gasteiger partial charge on any atom is -0.349 e. The Hall–Kier alpha value is -12.5. The summed E-state index contributed by atoms with van der Waals surface area (Å²) in [6.45, 7) is -1.57. The highest BCUT2D eigenvalue weighted by atomic mass is 16.2. The fourth-order valence-electron chi connectivity index (χ4n) is 14.4. The van der Waals surface area contributed by atoms with Crippen LogP contribution in [0.5, 0.6) is 0 Å². The molecule has 2 aromatic heterocycles. The lowest BCUT2D eigenvalue weighted by atomic mass is 9.82. The topological polar surface area (TPSA) is 292 Å². The molecule has 12 amide bonds. The van der Waals surface area contributed by atoms with Crippen molar-refractivity contribution in [3.63, 3.8) is 0 Å². The maximum absolute atomic E-state index is 14.4. The minimum absolute atomic E-state index is 0.135. The van der Waals surface area contributed by atoms with Crippen molar-refractivity contribution in [1.29, 1.82) is 0 Å². The highest BCUT2D eigenvalue weighted by Gasteiger charge is 2.40. The molecular formula is C70H42N10O12. The lowest BCUT2D eigenvalue weighted by Crippen LogP contribution is -2.45. The molecule has 17 aliphatic rings. The van der Waals surface area contributed by atoms with Crippen molar-refractivity contribution < 1.29 is 57.5 Å². The molecule has 12 aromatic rings. The fraction of sp³-hybridized carbons (Fsp3) is 0.114. The second-order valence-electron chi connectivity index (χ2n) is 23.2. The van der Waals surface area contributed by atoms with Crippen molar-refractivity contribution in [1.82, 2.24) is 50.8 Å². The molecule has 0 atom stereocenters. The normalized spacial score (nSPS) is 16.9. The Morgan fingerprint density at radius 3 is 0.576 bits per heavy atom. The molecule has 0 saturated heterocycles. The molecule has 444 valence electrons. The number of carbonyl (C=O) groups excluding carboxylic acids is 12. The smallest absolute Gasteiger partial charge is 0.269 e. The van der Waals surface area contributed by atoms with Gasteiger partial charge in [-0.2, -0.15) is 0 Å². The molecule has 0 saturated carbocycles. The number of nitrogens with one attached hydrogen (secondary N) is 4. The standard InChI is InChI=1S/C70H42N10O12/c81-59-47-3-1-4-48(75-47)60(82)72-24-28-78-65(87)41-17-9-33-37-13-21-45-58-46(22-14-38(54(37)58)34-10-18-42(66(78)88)56(41)52(33)34)70(92)80(69(45)91)30-26-74-62(84)50-6-2-5-49(76-50)61(83)73-25-29-79-67(89)43-19-11-35-31-7-15-39-55-40(64(86)77(63(39)85)27-23-71-59)16-8-32(51(31)55)36-12-20-44(68(79)90)57(43)53(35)36/h1-22H,23-30H2,(H,71,81)(H,72,82)(H,73,83)(H,74,84). The number of benzene rings is 10. The van der Waals surface area contributed by atoms with Crippen LogP contribution in [0.25, 0.3) is 86.2 Å². The minimum atomic E-state index is -0.693. The van der Waals surface area contributed by atoms with Gasteiger partial charge in [0.05, 0.1) is 0 Å². The summed E-state index contributed by atoms with van der Waals surface area (Å²) in [6, 6.07) is 35.8. The number of imide groups is 4. The number of rotatable bonds is 0. The first-order chi connectivity index (χ1) is 44.7. The number of carbonyl (C=O) groups is 12. The van der Waals surface area contributed by atoms with Crippen LogP contribution in [0.2, 0.25) is 0 Å². The van der Waals surface area contributed by atoms with Crippen LogP contribution in [0.15, 0.2) is 133 Å². The lowest BCUT2D eigenvalue weighted by molar-refractivity contribution is 0.0594. The van der Waals surface area contributed by atoms with Crippen molar-refractivity contribution in [2.24, 2.45) is 0 Å². The van der Waals surface area contributed by atoms with E-state index in [0.717, 1.165) is 19.6 Å². The van der Waals surface area contributed by atoms with E-state index in [1.807, 2.05) is 0 Å². The Morgan fingerprint density at radius 1 is 0.228 bits per heavy atom. The summed E-state index contributed by atoms with van der Waals surface area (Å²) in [5.74, 6) is -7.47. The Labute approximate surface area is 516 Å². The zero-order valence-electron chi connectivity index (χ0n) is 47.9. The van der Waals surface area contributed by atoms with E-state index in [2.05, 4.69) is 31.2 Å². The SMILES string of the molecule is O=C1NCCN2C(=O)c3ccc4c5ccc6c7c(ccc(c8ccc(c3c48)C2=O)c75)C(=O)N(CCNC(=O)c2cccc(n2)C(=O)NCCN2C(=O)c3ccc4c5ccc7c8c(ccc(c9ccc(c3c49)C2=O)c85)C(=O)N(CCNC(=O)c2cccc1n2)C7=O)C6=O. The molecule has 4 N–H and O–H groups in total. The molecule has 0 aliphatic carbocycles. The predicted molar refractivity (Wildman–Crippen MR) is 335 cm³/mol. The Bertz CT molecular complexity index is 4710. The molecular weight excluding hydrogens is 1170 g/mol. The first-order valence-electron chi connectivity index (χ1n) is 29.6. The second kappa shape index (κ2) is 19.5. The van der Waals surface area contributed by atoms with Crippen LogP contribution in [0, 0.1) is 0 Å². The van der Waals surface area contributed by atoms with Gasteiger partial charge in [-0.05, 0) is 137 Å². The van der Waals surface area contributed by atoms with Crippen LogP contribution >= 0.6 is 0 Å². The van der Waals surface area contributed by atoms with Crippen molar-refractivity contribution >= 4 is 157 Å². The number of pyridine rings is 2. The highest BCUT2D eigenvalue weighted by molar-refractivity contribution is 6.43. The van der Waals surface area contributed by atoms with Gasteiger partial charge in [-0.25, -0.2) is 9.97 Å². The van der Waals surface area contributed by atoms with Gasteiger partial charge in [0, 0.05) is 118 Å². The number of hydrogen-bond donors (Lipinski definition) is 4. The lowest BCUT2D eigenvalue weighted by Gasteiger charge is -2.30. The predicted octanol–water partition coefficient (Wildman–Crippen LogP) is 7.00. The van der Waals surface area contributed by atoms with E-state index < -0.39 is 70.9 Å². The number of amides is 12. The molecule has 10 aromatic carbocycles. The van der Waals surface area contributed by atoms with Gasteiger partial charge < -0.3 is 21.3 Å². The number of nitrogens with zero attached hydrogens (tertiary/aromatic N) is 6. The fourth-order valence-corrected chi connectivity index (χ4v) is 14.4. The van der Waals surface area contributed by atoms with Gasteiger partial charge in [0.15, 0.2) is 0 Å². The highest BCUT2D eigenvalue weighted by Crippen LogP contribution is 2.48. The monoisotopic (exact) mass is 1210 g/mol. The summed E-state index contributed by atoms with van der Waals surface area (Å²) in [6.07, 6.45) is 0. The Kier molecular flexibility index (Phi) is 11.4. The van der Waals surface area contributed by atoms with Gasteiger partial charge in [0.2, 0.25) is 0 Å². The van der Waals surface area contributed by atoms with Gasteiger partial charge in [-0.1, -0.05) is 60.7 Å². The molecule has 22 heteroatoms. The van der Waals surface area contributed by atoms with Crippen molar-refractivity contribution in [3.05, 3.63) is 201 Å². The zero-order chi connectivity index (χ0) is 62.9. The van der Waals surface area contributed by atoms with Gasteiger partial charge in [-0.3, -0.25) is 77.1 Å². The first kappa shape index (κ1) is 53.8. The maximum atomic E-state index is 14.4. The van der Waals surface area contributed by atoms with Crippen molar-refractivity contribution in [3.8, 4) is 0 Å². The Morgan fingerprint density at radius 2 is 0.402 bits per heavy atom. The van der Waals surface area contributed by atoms with E-state index in [0.29, 0.717) is 86.2 Å². The quantitative estimate of drug-likeness (QED) is 0.0676. The molecule has 0 spiro atoms. The van der Waals surface area contributed by atoms with Gasteiger partial charge in [-0.15, -0.1) is 0 Å². The third kappa shape index (κ3) is 7.41. The number of aromatic nitrogens is 2. The van der Waals surface area contributed by atoms with Crippen LogP contribution in [-0.2, 0) is 0 Å². The van der Waals surface area contributed by atoms with Crippen molar-refractivity contribution in [2.75, 3.05) is 52.4 Å². The molecule has 19 heterocycles. The molecule has 0 unspecified atom stereocenters. The third-order valence-corrected chi connectivity index (χ3v) is 18.5. The van der Waals surface area contributed by atoms with Crippen LogP contribution in [-0.4, -0.2) is 153 Å². The van der Waals surface area contributed by atoms with E-state index >= 15 is 0 Å². The van der Waals surface area contributed by atoms with Crippen LogP contribution in [0.1, 0.15) is 125 Å². The molecule has 17 aliphatic heterocycles.